The van der Waals surface area contributed by atoms with Gasteiger partial charge in [0.2, 0.25) is 0 Å². The van der Waals surface area contributed by atoms with Crippen molar-refractivity contribution in [2.75, 3.05) is 7.11 Å². The molecule has 0 fully saturated rings. The van der Waals surface area contributed by atoms with E-state index >= 15 is 0 Å². The molecule has 0 aliphatic heterocycles. The number of benzene rings is 2. The molecular weight excluding hydrogens is 270 g/mol. The minimum absolute atomic E-state index is 0.136. The third-order valence-corrected chi connectivity index (χ3v) is 3.45. The van der Waals surface area contributed by atoms with E-state index in [1.165, 1.54) is 19.2 Å². The normalized spacial score (nSPS) is 12.3. The van der Waals surface area contributed by atoms with Crippen molar-refractivity contribution in [3.8, 4) is 5.75 Å². The van der Waals surface area contributed by atoms with Crippen LogP contribution >= 0.6 is 11.6 Å². The lowest BCUT2D eigenvalue weighted by Gasteiger charge is -2.13. The van der Waals surface area contributed by atoms with Gasteiger partial charge in [-0.05, 0) is 30.2 Å². The largest absolute Gasteiger partial charge is 0.494 e. The molecule has 0 spiro atoms. The van der Waals surface area contributed by atoms with E-state index in [1.54, 1.807) is 31.2 Å². The predicted octanol–water partition coefficient (Wildman–Crippen LogP) is 4.61. The van der Waals surface area contributed by atoms with E-state index in [0.29, 0.717) is 16.7 Å². The topological polar surface area (TPSA) is 9.23 Å². The third-order valence-electron chi connectivity index (χ3n) is 2.96. The molecular formula is C15H13ClF2O. The molecule has 0 heterocycles. The SMILES string of the molecule is COc1ccc(C(Cl)c2cccc(C)c2F)cc1F. The van der Waals surface area contributed by atoms with Crippen LogP contribution in [0.1, 0.15) is 22.1 Å². The average molecular weight is 283 g/mol. The van der Waals surface area contributed by atoms with Gasteiger partial charge in [-0.2, -0.15) is 0 Å². The Kier molecular flexibility index (Phi) is 4.05. The van der Waals surface area contributed by atoms with Crippen LogP contribution in [0.5, 0.6) is 5.75 Å². The minimum atomic E-state index is -0.736. The van der Waals surface area contributed by atoms with E-state index in [9.17, 15) is 8.78 Å². The molecule has 0 aliphatic rings. The zero-order chi connectivity index (χ0) is 14.0. The summed E-state index contributed by atoms with van der Waals surface area (Å²) in [6, 6.07) is 9.36. The molecule has 0 bridgehead atoms. The van der Waals surface area contributed by atoms with Crippen LogP contribution in [0.15, 0.2) is 36.4 Å². The first-order chi connectivity index (χ1) is 9.04. The van der Waals surface area contributed by atoms with Crippen molar-refractivity contribution in [1.29, 1.82) is 0 Å². The zero-order valence-electron chi connectivity index (χ0n) is 10.6. The molecule has 2 rings (SSSR count). The van der Waals surface area contributed by atoms with Crippen molar-refractivity contribution in [1.82, 2.24) is 0 Å². The van der Waals surface area contributed by atoms with Gasteiger partial charge in [0.05, 0.1) is 12.5 Å². The molecule has 100 valence electrons. The van der Waals surface area contributed by atoms with Crippen molar-refractivity contribution in [3.63, 3.8) is 0 Å². The highest BCUT2D eigenvalue weighted by molar-refractivity contribution is 6.22. The van der Waals surface area contributed by atoms with Crippen LogP contribution in [0.3, 0.4) is 0 Å². The first-order valence-electron chi connectivity index (χ1n) is 5.77. The van der Waals surface area contributed by atoms with Gasteiger partial charge in [0.25, 0.3) is 0 Å². The Balaban J connectivity index is 2.41. The summed E-state index contributed by atoms with van der Waals surface area (Å²) in [5.41, 5.74) is 1.34. The highest BCUT2D eigenvalue weighted by Crippen LogP contribution is 2.33. The molecule has 4 heteroatoms. The Morgan fingerprint density at radius 3 is 2.53 bits per heavy atom. The molecule has 1 unspecified atom stereocenters. The molecule has 0 radical (unpaired) electrons. The molecule has 0 saturated carbocycles. The highest BCUT2D eigenvalue weighted by Gasteiger charge is 2.17. The molecule has 2 aromatic carbocycles. The fraction of sp³-hybridized carbons (Fsp3) is 0.200. The lowest BCUT2D eigenvalue weighted by atomic mass is 10.0. The summed E-state index contributed by atoms with van der Waals surface area (Å²) in [4.78, 5) is 0. The van der Waals surface area contributed by atoms with E-state index in [0.717, 1.165) is 0 Å². The minimum Gasteiger partial charge on any atom is -0.494 e. The van der Waals surface area contributed by atoms with Gasteiger partial charge >= 0.3 is 0 Å². The molecule has 2 aromatic rings. The van der Waals surface area contributed by atoms with Crippen LogP contribution in [-0.2, 0) is 0 Å². The van der Waals surface area contributed by atoms with E-state index in [4.69, 9.17) is 16.3 Å². The van der Waals surface area contributed by atoms with Gasteiger partial charge in [-0.15, -0.1) is 11.6 Å². The molecule has 1 nitrogen and oxygen atoms in total. The summed E-state index contributed by atoms with van der Waals surface area (Å²) < 4.78 is 32.4. The molecule has 19 heavy (non-hydrogen) atoms. The summed E-state index contributed by atoms with van der Waals surface area (Å²) in [5.74, 6) is -0.741. The third kappa shape index (κ3) is 2.71. The van der Waals surface area contributed by atoms with Gasteiger partial charge in [-0.25, -0.2) is 8.78 Å². The van der Waals surface area contributed by atoms with E-state index < -0.39 is 11.2 Å². The van der Waals surface area contributed by atoms with Crippen LogP contribution in [0.2, 0.25) is 0 Å². The second-order valence-electron chi connectivity index (χ2n) is 4.23. The number of halogens is 3. The Bertz CT molecular complexity index is 599. The van der Waals surface area contributed by atoms with Gasteiger partial charge < -0.3 is 4.74 Å². The molecule has 0 amide bonds. The summed E-state index contributed by atoms with van der Waals surface area (Å²) >= 11 is 6.23. The quantitative estimate of drug-likeness (QED) is 0.747. The first-order valence-corrected chi connectivity index (χ1v) is 6.20. The Labute approximate surface area is 115 Å². The maximum atomic E-state index is 14.0. The molecule has 0 saturated heterocycles. The number of hydrogen-bond acceptors (Lipinski definition) is 1. The van der Waals surface area contributed by atoms with Crippen LogP contribution in [-0.4, -0.2) is 7.11 Å². The maximum absolute atomic E-state index is 14.0. The standard InChI is InChI=1S/C15H13ClF2O/c1-9-4-3-5-11(15(9)18)14(16)10-6-7-13(19-2)12(17)8-10/h3-8,14H,1-2H3. The van der Waals surface area contributed by atoms with Crippen LogP contribution < -0.4 is 4.74 Å². The van der Waals surface area contributed by atoms with Gasteiger partial charge in [0, 0.05) is 5.56 Å². The summed E-state index contributed by atoms with van der Waals surface area (Å²) in [6.45, 7) is 1.66. The molecule has 0 N–H and O–H groups in total. The molecule has 0 aliphatic carbocycles. The van der Waals surface area contributed by atoms with Crippen molar-refractivity contribution < 1.29 is 13.5 Å². The fourth-order valence-corrected chi connectivity index (χ4v) is 2.19. The number of hydrogen-bond donors (Lipinski definition) is 0. The summed E-state index contributed by atoms with van der Waals surface area (Å²) in [5, 5.41) is -0.736. The Morgan fingerprint density at radius 2 is 1.89 bits per heavy atom. The van der Waals surface area contributed by atoms with Gasteiger partial charge in [-0.3, -0.25) is 0 Å². The Hall–Kier alpha value is -1.61. The lowest BCUT2D eigenvalue weighted by molar-refractivity contribution is 0.386. The fourth-order valence-electron chi connectivity index (χ4n) is 1.89. The number of alkyl halides is 1. The number of ether oxygens (including phenoxy) is 1. The monoisotopic (exact) mass is 282 g/mol. The smallest absolute Gasteiger partial charge is 0.165 e. The van der Waals surface area contributed by atoms with Crippen LogP contribution in [0.25, 0.3) is 0 Å². The summed E-state index contributed by atoms with van der Waals surface area (Å²) in [7, 11) is 1.39. The maximum Gasteiger partial charge on any atom is 0.165 e. The van der Waals surface area contributed by atoms with Gasteiger partial charge in [0.1, 0.15) is 5.82 Å². The van der Waals surface area contributed by atoms with E-state index in [2.05, 4.69) is 0 Å². The van der Waals surface area contributed by atoms with Crippen molar-refractivity contribution in [2.24, 2.45) is 0 Å². The number of aryl methyl sites for hydroxylation is 1. The molecule has 0 aromatic heterocycles. The Morgan fingerprint density at radius 1 is 1.16 bits per heavy atom. The van der Waals surface area contributed by atoms with Crippen LogP contribution in [0, 0.1) is 18.6 Å². The van der Waals surface area contributed by atoms with Crippen molar-refractivity contribution in [3.05, 3.63) is 64.7 Å². The predicted molar refractivity (Wildman–Crippen MR) is 71.8 cm³/mol. The van der Waals surface area contributed by atoms with Crippen molar-refractivity contribution in [2.45, 2.75) is 12.3 Å². The first kappa shape index (κ1) is 13.8. The number of rotatable bonds is 3. The van der Waals surface area contributed by atoms with E-state index in [-0.39, 0.29) is 11.6 Å². The van der Waals surface area contributed by atoms with Gasteiger partial charge in [0.15, 0.2) is 11.6 Å². The van der Waals surface area contributed by atoms with Crippen molar-refractivity contribution >= 4 is 11.6 Å². The highest BCUT2D eigenvalue weighted by atomic mass is 35.5. The summed E-state index contributed by atoms with van der Waals surface area (Å²) in [6.07, 6.45) is 0. The zero-order valence-corrected chi connectivity index (χ0v) is 11.3. The van der Waals surface area contributed by atoms with E-state index in [1.807, 2.05) is 0 Å². The lowest BCUT2D eigenvalue weighted by Crippen LogP contribution is -2.00. The molecule has 1 atom stereocenters. The second-order valence-corrected chi connectivity index (χ2v) is 4.67. The van der Waals surface area contributed by atoms with Crippen LogP contribution in [0.4, 0.5) is 8.78 Å². The van der Waals surface area contributed by atoms with Gasteiger partial charge in [-0.1, -0.05) is 24.3 Å². The number of methoxy groups -OCH3 is 1. The average Bonchev–Trinajstić information content (AvgIpc) is 2.41. The second kappa shape index (κ2) is 5.57.